The highest BCUT2D eigenvalue weighted by Crippen LogP contribution is 2.20. The Hall–Kier alpha value is -2.04. The third-order valence-electron chi connectivity index (χ3n) is 4.22. The lowest BCUT2D eigenvalue weighted by molar-refractivity contribution is -0.121. The zero-order chi connectivity index (χ0) is 19.9. The van der Waals surface area contributed by atoms with Crippen LogP contribution in [0.15, 0.2) is 29.2 Å². The third-order valence-corrected chi connectivity index (χ3v) is 6.15. The zero-order valence-corrected chi connectivity index (χ0v) is 16.1. The van der Waals surface area contributed by atoms with E-state index in [0.29, 0.717) is 19.6 Å². The van der Waals surface area contributed by atoms with Crippen molar-refractivity contribution >= 4 is 22.0 Å². The number of amides is 3. The second-order valence-corrected chi connectivity index (χ2v) is 8.17. The van der Waals surface area contributed by atoms with Crippen LogP contribution in [-0.4, -0.2) is 68.8 Å². The molecular formula is C17H25FN4O4S. The van der Waals surface area contributed by atoms with Crippen LogP contribution in [0.2, 0.25) is 0 Å². The topological polar surface area (TPSA) is 98.8 Å². The second kappa shape index (κ2) is 9.77. The summed E-state index contributed by atoms with van der Waals surface area (Å²) in [5.74, 6) is -1.23. The number of carbonyl (C=O) groups is 2. The van der Waals surface area contributed by atoms with Gasteiger partial charge in [0.1, 0.15) is 10.7 Å². The van der Waals surface area contributed by atoms with Crippen LogP contribution in [0.4, 0.5) is 9.18 Å². The highest BCUT2D eigenvalue weighted by atomic mass is 32.2. The van der Waals surface area contributed by atoms with Crippen molar-refractivity contribution in [3.05, 3.63) is 30.1 Å². The van der Waals surface area contributed by atoms with Crippen LogP contribution in [-0.2, 0) is 14.8 Å². The van der Waals surface area contributed by atoms with E-state index >= 15 is 0 Å². The maximum absolute atomic E-state index is 13.8. The van der Waals surface area contributed by atoms with Gasteiger partial charge in [0.15, 0.2) is 0 Å². The second-order valence-electron chi connectivity index (χ2n) is 6.27. The Bertz CT molecular complexity index is 764. The number of benzene rings is 1. The van der Waals surface area contributed by atoms with Gasteiger partial charge < -0.3 is 5.32 Å². The van der Waals surface area contributed by atoms with Gasteiger partial charge in [-0.25, -0.2) is 17.6 Å². The molecule has 1 aliphatic rings. The van der Waals surface area contributed by atoms with E-state index in [1.54, 1.807) is 4.90 Å². The number of carbonyl (C=O) groups excluding carboxylic acids is 2. The number of hydrogen-bond donors (Lipinski definition) is 2. The molecule has 0 saturated carbocycles. The van der Waals surface area contributed by atoms with E-state index < -0.39 is 27.8 Å². The lowest BCUT2D eigenvalue weighted by Crippen LogP contribution is -2.52. The van der Waals surface area contributed by atoms with Gasteiger partial charge in [-0.2, -0.15) is 4.31 Å². The summed E-state index contributed by atoms with van der Waals surface area (Å²) in [5.41, 5.74) is 0. The molecule has 27 heavy (non-hydrogen) atoms. The van der Waals surface area contributed by atoms with E-state index in [4.69, 9.17) is 0 Å². The summed E-state index contributed by atoms with van der Waals surface area (Å²) in [4.78, 5) is 24.9. The lowest BCUT2D eigenvalue weighted by atomic mass is 10.3. The van der Waals surface area contributed by atoms with Crippen LogP contribution in [0, 0.1) is 5.82 Å². The summed E-state index contributed by atoms with van der Waals surface area (Å²) in [6.45, 7) is 3.42. The molecular weight excluding hydrogens is 375 g/mol. The molecule has 150 valence electrons. The van der Waals surface area contributed by atoms with Crippen LogP contribution in [0.5, 0.6) is 0 Å². The molecule has 1 heterocycles. The zero-order valence-electron chi connectivity index (χ0n) is 15.3. The number of sulfonamides is 1. The molecule has 0 aromatic heterocycles. The van der Waals surface area contributed by atoms with E-state index in [0.717, 1.165) is 18.9 Å². The largest absolute Gasteiger partial charge is 0.338 e. The number of hydrogen-bond acceptors (Lipinski definition) is 5. The number of piperazine rings is 1. The number of nitrogens with one attached hydrogen (secondary N) is 2. The van der Waals surface area contributed by atoms with Crippen LogP contribution < -0.4 is 10.6 Å². The molecule has 1 fully saturated rings. The smallest absolute Gasteiger partial charge is 0.321 e. The summed E-state index contributed by atoms with van der Waals surface area (Å²) in [5, 5.41) is 4.84. The molecule has 0 unspecified atom stereocenters. The quantitative estimate of drug-likeness (QED) is 0.659. The Kier molecular flexibility index (Phi) is 7.69. The maximum Gasteiger partial charge on any atom is 0.321 e. The fraction of sp³-hybridized carbons (Fsp3) is 0.529. The van der Waals surface area contributed by atoms with Crippen molar-refractivity contribution in [2.24, 2.45) is 0 Å². The molecule has 10 heteroatoms. The fourth-order valence-electron chi connectivity index (χ4n) is 2.71. The summed E-state index contributed by atoms with van der Waals surface area (Å²) in [6, 6.07) is 4.72. The van der Waals surface area contributed by atoms with Crippen molar-refractivity contribution < 1.29 is 22.4 Å². The first kappa shape index (κ1) is 21.3. The molecule has 2 rings (SSSR count). The Morgan fingerprint density at radius 3 is 2.44 bits per heavy atom. The minimum Gasteiger partial charge on any atom is -0.338 e. The Balaban J connectivity index is 1.82. The molecule has 1 aliphatic heterocycles. The van der Waals surface area contributed by atoms with E-state index in [2.05, 4.69) is 10.6 Å². The fourth-order valence-corrected chi connectivity index (χ4v) is 4.20. The molecule has 3 amide bonds. The number of imide groups is 1. The number of nitrogens with zero attached hydrogens (tertiary/aromatic N) is 2. The van der Waals surface area contributed by atoms with Crippen molar-refractivity contribution in [2.45, 2.75) is 24.7 Å². The van der Waals surface area contributed by atoms with E-state index in [9.17, 15) is 22.4 Å². The average molecular weight is 400 g/mol. The third kappa shape index (κ3) is 5.98. The maximum atomic E-state index is 13.8. The first-order chi connectivity index (χ1) is 12.8. The van der Waals surface area contributed by atoms with Gasteiger partial charge in [-0.05, 0) is 18.6 Å². The molecule has 0 bridgehead atoms. The van der Waals surface area contributed by atoms with Gasteiger partial charge in [0.05, 0.1) is 6.54 Å². The van der Waals surface area contributed by atoms with Gasteiger partial charge in [-0.3, -0.25) is 15.0 Å². The highest BCUT2D eigenvalue weighted by Gasteiger charge is 2.30. The standard InChI is InChI=1S/C17H25FN4O4S/c1-2-3-8-19-17(24)20-16(23)13-21-9-11-22(12-10-21)27(25,26)15-7-5-4-6-14(15)18/h4-7H,2-3,8-13H2,1H3,(H2,19,20,23,24). The van der Waals surface area contributed by atoms with Crippen molar-refractivity contribution in [3.8, 4) is 0 Å². The minimum atomic E-state index is -3.91. The van der Waals surface area contributed by atoms with Crippen LogP contribution in [0.3, 0.4) is 0 Å². The van der Waals surface area contributed by atoms with Gasteiger partial charge in [0.25, 0.3) is 0 Å². The summed E-state index contributed by atoms with van der Waals surface area (Å²) in [6.07, 6.45) is 1.77. The first-order valence-corrected chi connectivity index (χ1v) is 10.3. The highest BCUT2D eigenvalue weighted by molar-refractivity contribution is 7.89. The Labute approximate surface area is 158 Å². The van der Waals surface area contributed by atoms with Gasteiger partial charge in [-0.1, -0.05) is 25.5 Å². The predicted molar refractivity (Wildman–Crippen MR) is 98.0 cm³/mol. The number of halogens is 1. The van der Waals surface area contributed by atoms with Crippen LogP contribution in [0.25, 0.3) is 0 Å². The van der Waals surface area contributed by atoms with Gasteiger partial charge in [-0.15, -0.1) is 0 Å². The summed E-state index contributed by atoms with van der Waals surface area (Å²) < 4.78 is 40.1. The number of unbranched alkanes of at least 4 members (excludes halogenated alkanes) is 1. The Morgan fingerprint density at radius 2 is 1.81 bits per heavy atom. The molecule has 2 N–H and O–H groups in total. The van der Waals surface area contributed by atoms with Gasteiger partial charge in [0, 0.05) is 32.7 Å². The monoisotopic (exact) mass is 400 g/mol. The number of urea groups is 1. The SMILES string of the molecule is CCCCNC(=O)NC(=O)CN1CCN(S(=O)(=O)c2ccccc2F)CC1. The molecule has 8 nitrogen and oxygen atoms in total. The molecule has 0 spiro atoms. The molecule has 1 saturated heterocycles. The summed E-state index contributed by atoms with van der Waals surface area (Å²) in [7, 11) is -3.91. The molecule has 0 atom stereocenters. The van der Waals surface area contributed by atoms with Gasteiger partial charge in [0.2, 0.25) is 15.9 Å². The van der Waals surface area contributed by atoms with Gasteiger partial charge >= 0.3 is 6.03 Å². The lowest BCUT2D eigenvalue weighted by Gasteiger charge is -2.33. The normalized spacial score (nSPS) is 16.1. The molecule has 1 aromatic carbocycles. The van der Waals surface area contributed by atoms with Crippen LogP contribution >= 0.6 is 0 Å². The predicted octanol–water partition coefficient (Wildman–Crippen LogP) is 0.758. The average Bonchev–Trinajstić information content (AvgIpc) is 2.62. The van der Waals surface area contributed by atoms with Crippen molar-refractivity contribution in [1.29, 1.82) is 0 Å². The number of rotatable bonds is 7. The molecule has 1 aromatic rings. The Morgan fingerprint density at radius 1 is 1.15 bits per heavy atom. The molecule has 0 radical (unpaired) electrons. The minimum absolute atomic E-state index is 0.00518. The van der Waals surface area contributed by atoms with E-state index in [-0.39, 0.29) is 24.5 Å². The van der Waals surface area contributed by atoms with Crippen molar-refractivity contribution in [1.82, 2.24) is 19.8 Å². The van der Waals surface area contributed by atoms with Crippen molar-refractivity contribution in [3.63, 3.8) is 0 Å². The van der Waals surface area contributed by atoms with E-state index in [1.807, 2.05) is 6.92 Å². The molecule has 0 aliphatic carbocycles. The summed E-state index contributed by atoms with van der Waals surface area (Å²) >= 11 is 0. The van der Waals surface area contributed by atoms with Crippen molar-refractivity contribution in [2.75, 3.05) is 39.3 Å². The van der Waals surface area contributed by atoms with E-state index in [1.165, 1.54) is 22.5 Å². The van der Waals surface area contributed by atoms with Crippen LogP contribution in [0.1, 0.15) is 19.8 Å². The first-order valence-electron chi connectivity index (χ1n) is 8.89.